The molecule has 0 saturated carbocycles. The average molecular weight is 303 g/mol. The molecule has 0 unspecified atom stereocenters. The van der Waals surface area contributed by atoms with E-state index in [1.54, 1.807) is 0 Å². The normalized spacial score (nSPS) is 16.3. The third-order valence-electron chi connectivity index (χ3n) is 2.89. The molecule has 1 aromatic rings. The highest BCUT2D eigenvalue weighted by molar-refractivity contribution is 6.54. The molecule has 1 aliphatic heterocycles. The molecule has 0 aromatic heterocycles. The Kier molecular flexibility index (Phi) is 3.32. The van der Waals surface area contributed by atoms with Crippen molar-refractivity contribution in [3.8, 4) is 0 Å². The van der Waals surface area contributed by atoms with Crippen molar-refractivity contribution in [2.24, 2.45) is 5.16 Å². The van der Waals surface area contributed by atoms with Gasteiger partial charge < -0.3 is 9.74 Å². The predicted molar refractivity (Wildman–Crippen MR) is 65.1 cm³/mol. The van der Waals surface area contributed by atoms with Gasteiger partial charge in [-0.15, -0.1) is 0 Å². The van der Waals surface area contributed by atoms with Crippen molar-refractivity contribution in [2.75, 3.05) is 19.1 Å². The number of non-ortho nitro benzene ring substituents is 1. The molecule has 0 atom stereocenters. The average Bonchev–Trinajstić information content (AvgIpc) is 2.62. The van der Waals surface area contributed by atoms with Crippen molar-refractivity contribution in [2.45, 2.75) is 6.18 Å². The lowest BCUT2D eigenvalue weighted by Crippen LogP contribution is -2.26. The highest BCUT2D eigenvalue weighted by Crippen LogP contribution is 2.43. The molecular weight excluding hydrogens is 295 g/mol. The topological polar surface area (TPSA) is 85.0 Å². The lowest BCUT2D eigenvalue weighted by atomic mass is 10.0. The number of amides is 1. The van der Waals surface area contributed by atoms with E-state index in [0.717, 1.165) is 25.1 Å². The number of anilines is 1. The summed E-state index contributed by atoms with van der Waals surface area (Å²) in [5.41, 5.74) is -3.24. The number of oxime groups is 1. The van der Waals surface area contributed by atoms with Crippen LogP contribution in [0.5, 0.6) is 0 Å². The van der Waals surface area contributed by atoms with Crippen molar-refractivity contribution in [3.63, 3.8) is 0 Å². The maximum absolute atomic E-state index is 13.1. The predicted octanol–water partition coefficient (Wildman–Crippen LogP) is 1.94. The molecule has 1 aliphatic rings. The molecule has 2 rings (SSSR count). The monoisotopic (exact) mass is 303 g/mol. The Morgan fingerprint density at radius 1 is 1.38 bits per heavy atom. The molecule has 0 fully saturated rings. The molecule has 1 aromatic carbocycles. The van der Waals surface area contributed by atoms with Crippen LogP contribution in [0.25, 0.3) is 0 Å². The number of nitrogens with zero attached hydrogens (tertiary/aromatic N) is 3. The Labute approximate surface area is 115 Å². The molecule has 112 valence electrons. The van der Waals surface area contributed by atoms with Gasteiger partial charge in [0.25, 0.3) is 11.6 Å². The quantitative estimate of drug-likeness (QED) is 0.617. The first-order chi connectivity index (χ1) is 9.68. The Morgan fingerprint density at radius 3 is 2.48 bits per heavy atom. The fourth-order valence-corrected chi connectivity index (χ4v) is 2.04. The SMILES string of the molecule is CON=C1C(=O)N(C)c2c1cc([N+](=O)[O-])cc2C(F)(F)F. The molecule has 0 aliphatic carbocycles. The molecule has 0 saturated heterocycles. The van der Waals surface area contributed by atoms with Gasteiger partial charge in [-0.1, -0.05) is 5.16 Å². The van der Waals surface area contributed by atoms with Crippen LogP contribution in [0.1, 0.15) is 11.1 Å². The largest absolute Gasteiger partial charge is 0.418 e. The third kappa shape index (κ3) is 2.28. The van der Waals surface area contributed by atoms with Crippen LogP contribution in [0.4, 0.5) is 24.5 Å². The first-order valence-corrected chi connectivity index (χ1v) is 5.47. The molecule has 10 heteroatoms. The summed E-state index contributed by atoms with van der Waals surface area (Å²) in [5, 5.41) is 14.1. The van der Waals surface area contributed by atoms with Crippen LogP contribution in [0, 0.1) is 10.1 Å². The molecule has 0 N–H and O–H groups in total. The highest BCUT2D eigenvalue weighted by atomic mass is 19.4. The fourth-order valence-electron chi connectivity index (χ4n) is 2.04. The minimum absolute atomic E-state index is 0.286. The van der Waals surface area contributed by atoms with E-state index in [2.05, 4.69) is 9.99 Å². The Morgan fingerprint density at radius 2 is 2.00 bits per heavy atom. The maximum Gasteiger partial charge on any atom is 0.418 e. The number of fused-ring (bicyclic) bond motifs is 1. The van der Waals surface area contributed by atoms with Gasteiger partial charge in [0, 0.05) is 24.7 Å². The molecule has 0 bridgehead atoms. The second kappa shape index (κ2) is 4.72. The molecule has 7 nitrogen and oxygen atoms in total. The molecule has 21 heavy (non-hydrogen) atoms. The van der Waals surface area contributed by atoms with Crippen molar-refractivity contribution in [1.29, 1.82) is 0 Å². The molecule has 0 radical (unpaired) electrons. The Balaban J connectivity index is 2.84. The van der Waals surface area contributed by atoms with Crippen LogP contribution < -0.4 is 4.90 Å². The number of hydrogen-bond acceptors (Lipinski definition) is 5. The van der Waals surface area contributed by atoms with Gasteiger partial charge in [0.2, 0.25) is 0 Å². The van der Waals surface area contributed by atoms with E-state index in [-0.39, 0.29) is 5.56 Å². The van der Waals surface area contributed by atoms with Crippen LogP contribution in [-0.2, 0) is 15.8 Å². The Bertz CT molecular complexity index is 669. The number of nitro groups is 1. The number of nitro benzene ring substituents is 1. The second-order valence-electron chi connectivity index (χ2n) is 4.13. The lowest BCUT2D eigenvalue weighted by Gasteiger charge is -2.16. The summed E-state index contributed by atoms with van der Waals surface area (Å²) in [7, 11) is 2.24. The number of alkyl halides is 3. The summed E-state index contributed by atoms with van der Waals surface area (Å²) >= 11 is 0. The van der Waals surface area contributed by atoms with Crippen molar-refractivity contribution in [1.82, 2.24) is 0 Å². The number of halogens is 3. The molecule has 1 heterocycles. The third-order valence-corrected chi connectivity index (χ3v) is 2.89. The molecule has 1 amide bonds. The summed E-state index contributed by atoms with van der Waals surface area (Å²) in [6.45, 7) is 0. The zero-order valence-corrected chi connectivity index (χ0v) is 10.8. The standard InChI is InChI=1S/C11H8F3N3O4/c1-16-9-6(8(10(16)18)15-21-2)3-5(17(19)20)4-7(9)11(12,13)14/h3-4H,1-2H3. The number of likely N-dealkylation sites (N-methyl/N-ethyl adjacent to an activating group) is 1. The second-order valence-corrected chi connectivity index (χ2v) is 4.13. The van der Waals surface area contributed by atoms with Crippen LogP contribution >= 0.6 is 0 Å². The lowest BCUT2D eigenvalue weighted by molar-refractivity contribution is -0.385. The van der Waals surface area contributed by atoms with Gasteiger partial charge >= 0.3 is 6.18 Å². The van der Waals surface area contributed by atoms with Gasteiger partial charge in [-0.25, -0.2) is 0 Å². The molecule has 0 spiro atoms. The van der Waals surface area contributed by atoms with Gasteiger partial charge in [-0.2, -0.15) is 13.2 Å². The first-order valence-electron chi connectivity index (χ1n) is 5.47. The number of benzene rings is 1. The van der Waals surface area contributed by atoms with Crippen LogP contribution in [-0.4, -0.2) is 30.7 Å². The van der Waals surface area contributed by atoms with Gasteiger partial charge in [0.1, 0.15) is 7.11 Å². The van der Waals surface area contributed by atoms with Crippen molar-refractivity contribution < 1.29 is 27.7 Å². The van der Waals surface area contributed by atoms with E-state index >= 15 is 0 Å². The van der Waals surface area contributed by atoms with E-state index in [4.69, 9.17) is 0 Å². The van der Waals surface area contributed by atoms with Crippen molar-refractivity contribution >= 4 is 23.0 Å². The van der Waals surface area contributed by atoms with Crippen molar-refractivity contribution in [3.05, 3.63) is 33.4 Å². The molecular formula is C11H8F3N3O4. The van der Waals surface area contributed by atoms with E-state index < -0.39 is 39.7 Å². The highest BCUT2D eigenvalue weighted by Gasteiger charge is 2.44. The van der Waals surface area contributed by atoms with Gasteiger partial charge in [-0.05, 0) is 0 Å². The summed E-state index contributed by atoms with van der Waals surface area (Å²) in [4.78, 5) is 26.8. The van der Waals surface area contributed by atoms with E-state index in [9.17, 15) is 28.1 Å². The summed E-state index contributed by atoms with van der Waals surface area (Å²) in [6.07, 6.45) is -4.85. The summed E-state index contributed by atoms with van der Waals surface area (Å²) < 4.78 is 39.2. The van der Waals surface area contributed by atoms with Crippen LogP contribution in [0.15, 0.2) is 17.3 Å². The van der Waals surface area contributed by atoms with Gasteiger partial charge in [-0.3, -0.25) is 14.9 Å². The maximum atomic E-state index is 13.1. The minimum Gasteiger partial charge on any atom is -0.398 e. The van der Waals surface area contributed by atoms with Crippen LogP contribution in [0.2, 0.25) is 0 Å². The van der Waals surface area contributed by atoms with E-state index in [1.165, 1.54) is 0 Å². The number of carbonyl (C=O) groups excluding carboxylic acids is 1. The summed E-state index contributed by atoms with van der Waals surface area (Å²) in [5.74, 6) is -0.835. The number of hydrogen-bond donors (Lipinski definition) is 0. The van der Waals surface area contributed by atoms with E-state index in [0.29, 0.717) is 6.07 Å². The van der Waals surface area contributed by atoms with E-state index in [1.807, 2.05) is 0 Å². The smallest absolute Gasteiger partial charge is 0.398 e. The first kappa shape index (κ1) is 14.8. The number of carbonyl (C=O) groups is 1. The minimum atomic E-state index is -4.85. The zero-order chi connectivity index (χ0) is 15.9. The van der Waals surface area contributed by atoms with Crippen LogP contribution in [0.3, 0.4) is 0 Å². The van der Waals surface area contributed by atoms with Gasteiger partial charge in [0.15, 0.2) is 5.71 Å². The Hall–Kier alpha value is -2.65. The number of rotatable bonds is 2. The fraction of sp³-hybridized carbons (Fsp3) is 0.273. The van der Waals surface area contributed by atoms with Gasteiger partial charge in [0.05, 0.1) is 16.2 Å². The summed E-state index contributed by atoms with van der Waals surface area (Å²) in [6, 6.07) is 1.25. The zero-order valence-electron chi connectivity index (χ0n) is 10.8.